The highest BCUT2D eigenvalue weighted by molar-refractivity contribution is 6.03. The first-order valence-electron chi connectivity index (χ1n) is 10.6. The summed E-state index contributed by atoms with van der Waals surface area (Å²) in [5.74, 6) is 0.221. The van der Waals surface area contributed by atoms with Crippen molar-refractivity contribution in [1.82, 2.24) is 19.7 Å². The van der Waals surface area contributed by atoms with Crippen LogP contribution in [0.2, 0.25) is 0 Å². The molecule has 2 aromatic heterocycles. The number of benzene rings is 1. The Morgan fingerprint density at radius 3 is 2.66 bits per heavy atom. The largest absolute Gasteiger partial charge is 0.465 e. The summed E-state index contributed by atoms with van der Waals surface area (Å²) in [6.07, 6.45) is 7.93. The fourth-order valence-electron chi connectivity index (χ4n) is 3.99. The molecule has 1 N–H and O–H groups in total. The minimum atomic E-state index is -1.04. The lowest BCUT2D eigenvalue weighted by Gasteiger charge is -2.40. The Morgan fingerprint density at radius 2 is 1.97 bits per heavy atom. The number of nitrogens with zero attached hydrogens (tertiary/aromatic N) is 6. The molecule has 32 heavy (non-hydrogen) atoms. The zero-order valence-electron chi connectivity index (χ0n) is 18.3. The summed E-state index contributed by atoms with van der Waals surface area (Å²) in [4.78, 5) is 36.3. The molecule has 1 aliphatic rings. The number of carbonyl (C=O) groups is 2. The van der Waals surface area contributed by atoms with Crippen LogP contribution in [0, 0.1) is 5.92 Å². The average Bonchev–Trinajstić information content (AvgIpc) is 3.21. The van der Waals surface area contributed by atoms with Crippen molar-refractivity contribution in [2.75, 3.05) is 16.3 Å². The number of amides is 2. The summed E-state index contributed by atoms with van der Waals surface area (Å²) in [6, 6.07) is 5.30. The minimum absolute atomic E-state index is 0.00308. The number of hydrogen-bond acceptors (Lipinski definition) is 5. The maximum Gasteiger partial charge on any atom is 0.411 e. The number of rotatable bonds is 5. The monoisotopic (exact) mass is 434 g/mol. The van der Waals surface area contributed by atoms with E-state index in [0.29, 0.717) is 24.3 Å². The summed E-state index contributed by atoms with van der Waals surface area (Å²) in [7, 11) is 0. The molecule has 0 bridgehead atoms. The van der Waals surface area contributed by atoms with Gasteiger partial charge in [0.1, 0.15) is 0 Å². The summed E-state index contributed by atoms with van der Waals surface area (Å²) in [5, 5.41) is 14.2. The molecule has 1 atom stereocenters. The van der Waals surface area contributed by atoms with Gasteiger partial charge >= 0.3 is 6.09 Å². The van der Waals surface area contributed by atoms with Gasteiger partial charge in [0.15, 0.2) is 0 Å². The number of hydrogen-bond donors (Lipinski definition) is 1. The van der Waals surface area contributed by atoms with E-state index in [9.17, 15) is 14.7 Å². The number of carbonyl (C=O) groups excluding carboxylic acids is 1. The van der Waals surface area contributed by atoms with Gasteiger partial charge in [-0.15, -0.1) is 0 Å². The lowest BCUT2D eigenvalue weighted by atomic mass is 10.0. The third kappa shape index (κ3) is 4.32. The molecule has 0 unspecified atom stereocenters. The van der Waals surface area contributed by atoms with Crippen molar-refractivity contribution >= 4 is 23.4 Å². The van der Waals surface area contributed by atoms with Crippen LogP contribution in [-0.2, 0) is 11.3 Å². The van der Waals surface area contributed by atoms with Gasteiger partial charge in [0.25, 0.3) is 0 Å². The number of aromatic nitrogens is 4. The van der Waals surface area contributed by atoms with Crippen LogP contribution in [0.5, 0.6) is 0 Å². The fourth-order valence-corrected chi connectivity index (χ4v) is 3.99. The zero-order valence-corrected chi connectivity index (χ0v) is 18.3. The Balaban J connectivity index is 1.68. The highest BCUT2D eigenvalue weighted by Gasteiger charge is 2.35. The molecule has 0 radical (unpaired) electrons. The second kappa shape index (κ2) is 8.78. The number of anilines is 2. The molecule has 0 spiro atoms. The predicted molar refractivity (Wildman–Crippen MR) is 121 cm³/mol. The van der Waals surface area contributed by atoms with E-state index in [1.165, 1.54) is 4.90 Å². The normalized spacial score (nSPS) is 15.7. The molecule has 4 rings (SSSR count). The van der Waals surface area contributed by atoms with E-state index in [2.05, 4.69) is 15.1 Å². The van der Waals surface area contributed by atoms with Gasteiger partial charge in [-0.3, -0.25) is 24.3 Å². The van der Waals surface area contributed by atoms with Crippen LogP contribution in [-0.4, -0.2) is 49.4 Å². The Morgan fingerprint density at radius 1 is 1.16 bits per heavy atom. The molecule has 3 heterocycles. The molecular weight excluding hydrogens is 408 g/mol. The van der Waals surface area contributed by atoms with Crippen LogP contribution in [0.1, 0.15) is 32.9 Å². The maximum atomic E-state index is 12.9. The summed E-state index contributed by atoms with van der Waals surface area (Å²) < 4.78 is 1.76. The quantitative estimate of drug-likeness (QED) is 0.657. The highest BCUT2D eigenvalue weighted by atomic mass is 16.4. The van der Waals surface area contributed by atoms with Crippen molar-refractivity contribution in [2.24, 2.45) is 5.92 Å². The van der Waals surface area contributed by atoms with Crippen LogP contribution >= 0.6 is 0 Å². The van der Waals surface area contributed by atoms with Gasteiger partial charge in [-0.1, -0.05) is 19.9 Å². The highest BCUT2D eigenvalue weighted by Crippen LogP contribution is 2.39. The Kier molecular flexibility index (Phi) is 5.89. The van der Waals surface area contributed by atoms with E-state index in [-0.39, 0.29) is 24.4 Å². The molecule has 1 aromatic carbocycles. The lowest BCUT2D eigenvalue weighted by molar-refractivity contribution is -0.119. The van der Waals surface area contributed by atoms with E-state index in [1.54, 1.807) is 34.4 Å². The standard InChI is InChI=1S/C23H26N6O3/c1-15(2)8-22(30)29-16(3)12-28(23(31)32)21-9-17(4-5-20(21)29)18-10-26-27(13-18)14-19-11-24-6-7-25-19/h4-7,9-11,13,15-16H,8,12,14H2,1-3H3,(H,31,32)/t16-/m0/s1. The van der Waals surface area contributed by atoms with Gasteiger partial charge in [0.2, 0.25) is 5.91 Å². The molecule has 0 fully saturated rings. The smallest absolute Gasteiger partial charge is 0.411 e. The Labute approximate surface area is 186 Å². The van der Waals surface area contributed by atoms with Crippen LogP contribution in [0.25, 0.3) is 11.1 Å². The molecule has 0 saturated carbocycles. The fraction of sp³-hybridized carbons (Fsp3) is 0.348. The predicted octanol–water partition coefficient (Wildman–Crippen LogP) is 3.65. The van der Waals surface area contributed by atoms with Crippen molar-refractivity contribution in [1.29, 1.82) is 0 Å². The molecule has 1 aliphatic heterocycles. The molecule has 2 amide bonds. The first-order chi connectivity index (χ1) is 15.3. The molecular formula is C23H26N6O3. The summed E-state index contributed by atoms with van der Waals surface area (Å²) in [5.41, 5.74) is 3.59. The van der Waals surface area contributed by atoms with E-state index in [0.717, 1.165) is 16.8 Å². The third-order valence-corrected chi connectivity index (χ3v) is 5.40. The van der Waals surface area contributed by atoms with E-state index < -0.39 is 6.09 Å². The van der Waals surface area contributed by atoms with Crippen molar-refractivity contribution in [3.05, 3.63) is 54.9 Å². The molecule has 166 valence electrons. The Bertz CT molecular complexity index is 1130. The second-order valence-corrected chi connectivity index (χ2v) is 8.43. The maximum absolute atomic E-state index is 12.9. The summed E-state index contributed by atoms with van der Waals surface area (Å²) in [6.45, 7) is 6.58. The van der Waals surface area contributed by atoms with Gasteiger partial charge in [-0.25, -0.2) is 4.79 Å². The van der Waals surface area contributed by atoms with Crippen molar-refractivity contribution in [3.8, 4) is 11.1 Å². The average molecular weight is 435 g/mol. The topological polar surface area (TPSA) is 104 Å². The van der Waals surface area contributed by atoms with Crippen LogP contribution in [0.4, 0.5) is 16.2 Å². The SMILES string of the molecule is CC(C)CC(=O)N1c2ccc(-c3cnn(Cc4cnccn4)c3)cc2N(C(=O)O)C[C@@H]1C. The van der Waals surface area contributed by atoms with Gasteiger partial charge in [0.05, 0.1) is 42.0 Å². The molecule has 0 aliphatic carbocycles. The van der Waals surface area contributed by atoms with Gasteiger partial charge in [-0.2, -0.15) is 5.10 Å². The third-order valence-electron chi connectivity index (χ3n) is 5.40. The molecule has 0 saturated heterocycles. The first-order valence-corrected chi connectivity index (χ1v) is 10.6. The number of carboxylic acid groups (broad SMARTS) is 1. The van der Waals surface area contributed by atoms with E-state index in [4.69, 9.17) is 0 Å². The van der Waals surface area contributed by atoms with E-state index in [1.807, 2.05) is 45.2 Å². The Hall–Kier alpha value is -3.75. The van der Waals surface area contributed by atoms with Crippen molar-refractivity contribution in [2.45, 2.75) is 39.8 Å². The van der Waals surface area contributed by atoms with Gasteiger partial charge < -0.3 is 10.0 Å². The van der Waals surface area contributed by atoms with E-state index >= 15 is 0 Å². The van der Waals surface area contributed by atoms with Gasteiger partial charge in [0, 0.05) is 37.1 Å². The van der Waals surface area contributed by atoms with Gasteiger partial charge in [-0.05, 0) is 30.5 Å². The van der Waals surface area contributed by atoms with Crippen molar-refractivity contribution in [3.63, 3.8) is 0 Å². The van der Waals surface area contributed by atoms with Crippen LogP contribution < -0.4 is 9.80 Å². The first kappa shape index (κ1) is 21.5. The number of fused-ring (bicyclic) bond motifs is 1. The van der Waals surface area contributed by atoms with Crippen LogP contribution in [0.3, 0.4) is 0 Å². The summed E-state index contributed by atoms with van der Waals surface area (Å²) >= 11 is 0. The molecule has 9 heteroatoms. The molecule has 9 nitrogen and oxygen atoms in total. The lowest BCUT2D eigenvalue weighted by Crippen LogP contribution is -2.51. The second-order valence-electron chi connectivity index (χ2n) is 8.43. The minimum Gasteiger partial charge on any atom is -0.465 e. The molecule has 3 aromatic rings. The van der Waals surface area contributed by atoms with Crippen LogP contribution in [0.15, 0.2) is 49.2 Å². The zero-order chi connectivity index (χ0) is 22.8. The van der Waals surface area contributed by atoms with Crippen molar-refractivity contribution < 1.29 is 14.7 Å².